The number of aromatic nitrogens is 5. The molecule has 0 bridgehead atoms. The van der Waals surface area contributed by atoms with Crippen LogP contribution < -0.4 is 0 Å². The Morgan fingerprint density at radius 2 is 1.88 bits per heavy atom. The molecule has 0 spiro atoms. The molecule has 0 unspecified atom stereocenters. The monoisotopic (exact) mass is 441 g/mol. The first-order chi connectivity index (χ1) is 15.6. The molecule has 4 heterocycles. The second-order valence-corrected chi connectivity index (χ2v) is 7.62. The van der Waals surface area contributed by atoms with Crippen molar-refractivity contribution in [2.75, 3.05) is 13.2 Å². The summed E-state index contributed by atoms with van der Waals surface area (Å²) >= 11 is 0. The van der Waals surface area contributed by atoms with Gasteiger partial charge in [0, 0.05) is 44.2 Å². The smallest absolute Gasteiger partial charge is 0.202 e. The summed E-state index contributed by atoms with van der Waals surface area (Å²) < 4.78 is 39.0. The molecule has 3 aromatic heterocycles. The van der Waals surface area contributed by atoms with Gasteiger partial charge in [-0.05, 0) is 50.3 Å². The average molecular weight is 441 g/mol. The van der Waals surface area contributed by atoms with Crippen LogP contribution in [-0.4, -0.2) is 37.9 Å². The van der Waals surface area contributed by atoms with E-state index in [1.54, 1.807) is 6.92 Å². The highest BCUT2D eigenvalue weighted by Gasteiger charge is 2.23. The van der Waals surface area contributed by atoms with Crippen LogP contribution in [0, 0.1) is 18.6 Å². The highest BCUT2D eigenvalue weighted by Crippen LogP contribution is 2.33. The number of hydrogen-bond donors (Lipinski definition) is 0. The number of benzene rings is 1. The van der Waals surface area contributed by atoms with Crippen molar-refractivity contribution in [3.63, 3.8) is 0 Å². The first kappa shape index (κ1) is 22.0. The zero-order valence-electron chi connectivity index (χ0n) is 17.9. The predicted molar refractivity (Wildman–Crippen MR) is 115 cm³/mol. The third-order valence-electron chi connectivity index (χ3n) is 5.01. The molecule has 0 atom stereocenters. The molecule has 0 radical (unpaired) electrons. The van der Waals surface area contributed by atoms with Gasteiger partial charge in [-0.1, -0.05) is 0 Å². The molecule has 1 aromatic carbocycles. The fourth-order valence-electron chi connectivity index (χ4n) is 3.25. The Bertz CT molecular complexity index is 1130. The lowest BCUT2D eigenvalue weighted by molar-refractivity contribution is 0.0968. The molecule has 32 heavy (non-hydrogen) atoms. The minimum Gasteiger partial charge on any atom is -0.437 e. The minimum absolute atomic E-state index is 0.153. The van der Waals surface area contributed by atoms with E-state index in [4.69, 9.17) is 9.15 Å². The molecule has 2 fully saturated rings. The number of hydrogen-bond acceptors (Lipinski definition) is 6. The molecule has 2 aliphatic rings. The maximum absolute atomic E-state index is 13.7. The van der Waals surface area contributed by atoms with Gasteiger partial charge in [-0.25, -0.2) is 18.7 Å². The zero-order valence-corrected chi connectivity index (χ0v) is 17.9. The molecule has 1 saturated heterocycles. The van der Waals surface area contributed by atoms with Crippen molar-refractivity contribution in [2.24, 2.45) is 0 Å². The average Bonchev–Trinajstić information content (AvgIpc) is 3.36. The largest absolute Gasteiger partial charge is 0.437 e. The Morgan fingerprint density at radius 1 is 1.06 bits per heavy atom. The standard InChI is InChI=1S/C12H7F2N3O.C6H8N2.C5H10O/c1-6-17-12-11(18-6)10(15-5-16-12)8-3-2-7(13)4-9(8)14;1-4-7-8(5-1)6-2-3-6;1-2-4-6-5-3-1/h2-5H,1H3;1,4-6H,2-3H2;1-5H2. The van der Waals surface area contributed by atoms with Gasteiger partial charge in [0.05, 0.1) is 6.04 Å². The molecular weight excluding hydrogens is 416 g/mol. The normalized spacial score (nSPS) is 15.5. The number of nitrogens with zero attached hydrogens (tertiary/aromatic N) is 5. The van der Waals surface area contributed by atoms with Crippen molar-refractivity contribution in [1.29, 1.82) is 0 Å². The summed E-state index contributed by atoms with van der Waals surface area (Å²) in [5, 5.41) is 4.09. The lowest BCUT2D eigenvalue weighted by Gasteiger charge is -2.08. The number of fused-ring (bicyclic) bond motifs is 1. The fourth-order valence-corrected chi connectivity index (χ4v) is 3.25. The van der Waals surface area contributed by atoms with Crippen LogP contribution in [0.1, 0.15) is 44.0 Å². The summed E-state index contributed by atoms with van der Waals surface area (Å²) in [4.78, 5) is 11.9. The molecule has 9 heteroatoms. The molecule has 168 valence electrons. The summed E-state index contributed by atoms with van der Waals surface area (Å²) in [6.07, 6.45) is 11.7. The Kier molecular flexibility index (Phi) is 7.16. The Morgan fingerprint density at radius 3 is 2.47 bits per heavy atom. The first-order valence-electron chi connectivity index (χ1n) is 10.7. The number of oxazole rings is 1. The molecule has 7 nitrogen and oxygen atoms in total. The van der Waals surface area contributed by atoms with E-state index in [0.29, 0.717) is 17.1 Å². The SMILES string of the molecule is C1CCOCC1.Cc1nc2ncnc(-c3ccc(F)cc3F)c2o1.c1cnn(C2CC2)c1. The third kappa shape index (κ3) is 5.73. The summed E-state index contributed by atoms with van der Waals surface area (Å²) in [5.74, 6) is -0.936. The lowest BCUT2D eigenvalue weighted by atomic mass is 10.1. The van der Waals surface area contributed by atoms with Crippen molar-refractivity contribution in [1.82, 2.24) is 24.7 Å². The van der Waals surface area contributed by atoms with Gasteiger partial charge in [-0.2, -0.15) is 10.1 Å². The van der Waals surface area contributed by atoms with Crippen LogP contribution in [0.15, 0.2) is 47.4 Å². The van der Waals surface area contributed by atoms with Gasteiger partial charge in [-0.3, -0.25) is 4.68 Å². The van der Waals surface area contributed by atoms with Crippen molar-refractivity contribution >= 4 is 11.2 Å². The molecular formula is C23H25F2N5O2. The number of halogens is 2. The first-order valence-corrected chi connectivity index (χ1v) is 10.7. The lowest BCUT2D eigenvalue weighted by Crippen LogP contribution is -2.03. The van der Waals surface area contributed by atoms with Crippen molar-refractivity contribution in [3.05, 3.63) is 60.5 Å². The number of rotatable bonds is 2. The topological polar surface area (TPSA) is 78.9 Å². The second kappa shape index (κ2) is 10.4. The van der Waals surface area contributed by atoms with E-state index in [2.05, 4.69) is 20.1 Å². The number of ether oxygens (including phenoxy) is 1. The van der Waals surface area contributed by atoms with Gasteiger partial charge in [-0.15, -0.1) is 0 Å². The van der Waals surface area contributed by atoms with Crippen LogP contribution in [0.5, 0.6) is 0 Å². The van der Waals surface area contributed by atoms with E-state index in [1.807, 2.05) is 23.1 Å². The van der Waals surface area contributed by atoms with Crippen LogP contribution in [0.2, 0.25) is 0 Å². The van der Waals surface area contributed by atoms with Gasteiger partial charge in [0.25, 0.3) is 0 Å². The van der Waals surface area contributed by atoms with E-state index in [-0.39, 0.29) is 11.3 Å². The van der Waals surface area contributed by atoms with Gasteiger partial charge >= 0.3 is 0 Å². The number of aryl methyl sites for hydroxylation is 1. The third-order valence-corrected chi connectivity index (χ3v) is 5.01. The summed E-state index contributed by atoms with van der Waals surface area (Å²) in [6, 6.07) is 5.98. The van der Waals surface area contributed by atoms with Gasteiger partial charge < -0.3 is 9.15 Å². The summed E-state index contributed by atoms with van der Waals surface area (Å²) in [7, 11) is 0. The maximum atomic E-state index is 13.7. The van der Waals surface area contributed by atoms with Crippen LogP contribution in [0.25, 0.3) is 22.5 Å². The highest BCUT2D eigenvalue weighted by molar-refractivity contribution is 5.85. The molecule has 1 aliphatic carbocycles. The van der Waals surface area contributed by atoms with Crippen LogP contribution in [0.3, 0.4) is 0 Å². The van der Waals surface area contributed by atoms with E-state index in [0.717, 1.165) is 31.4 Å². The molecule has 4 aromatic rings. The Balaban J connectivity index is 0.000000142. The maximum Gasteiger partial charge on any atom is 0.202 e. The van der Waals surface area contributed by atoms with Crippen molar-refractivity contribution < 1.29 is 17.9 Å². The fraction of sp³-hybridized carbons (Fsp3) is 0.391. The Hall–Kier alpha value is -3.20. The minimum atomic E-state index is -0.705. The second-order valence-electron chi connectivity index (χ2n) is 7.62. The molecule has 1 aliphatic heterocycles. The van der Waals surface area contributed by atoms with E-state index < -0.39 is 11.6 Å². The molecule has 0 amide bonds. The summed E-state index contributed by atoms with van der Waals surface area (Å²) in [6.45, 7) is 3.66. The van der Waals surface area contributed by atoms with E-state index in [9.17, 15) is 8.78 Å². The van der Waals surface area contributed by atoms with Crippen molar-refractivity contribution in [2.45, 2.75) is 45.1 Å². The van der Waals surface area contributed by atoms with Crippen LogP contribution in [-0.2, 0) is 4.74 Å². The Labute approximate surface area is 184 Å². The van der Waals surface area contributed by atoms with Crippen LogP contribution in [0.4, 0.5) is 8.78 Å². The quantitative estimate of drug-likeness (QED) is 0.421. The molecule has 1 saturated carbocycles. The highest BCUT2D eigenvalue weighted by atomic mass is 19.1. The van der Waals surface area contributed by atoms with E-state index in [1.165, 1.54) is 44.5 Å². The van der Waals surface area contributed by atoms with Crippen LogP contribution >= 0.6 is 0 Å². The van der Waals surface area contributed by atoms with Gasteiger partial charge in [0.1, 0.15) is 23.7 Å². The van der Waals surface area contributed by atoms with E-state index >= 15 is 0 Å². The zero-order chi connectivity index (χ0) is 22.3. The van der Waals surface area contributed by atoms with Gasteiger partial charge in [0.2, 0.25) is 5.65 Å². The molecule has 6 rings (SSSR count). The van der Waals surface area contributed by atoms with Gasteiger partial charge in [0.15, 0.2) is 11.5 Å². The molecule has 0 N–H and O–H groups in total. The summed E-state index contributed by atoms with van der Waals surface area (Å²) in [5.41, 5.74) is 1.06. The van der Waals surface area contributed by atoms with Crippen molar-refractivity contribution in [3.8, 4) is 11.3 Å². The predicted octanol–water partition coefficient (Wildman–Crippen LogP) is 5.28.